The van der Waals surface area contributed by atoms with Crippen molar-refractivity contribution in [2.45, 2.75) is 10.3 Å². The normalized spacial score (nSPS) is 17.4. The van der Waals surface area contributed by atoms with Crippen molar-refractivity contribution in [3.8, 4) is 0 Å². The van der Waals surface area contributed by atoms with E-state index in [4.69, 9.17) is 5.11 Å². The van der Waals surface area contributed by atoms with Gasteiger partial charge in [-0.1, -0.05) is 27.8 Å². The first-order valence-electron chi connectivity index (χ1n) is 2.21. The molecule has 0 saturated carbocycles. The lowest BCUT2D eigenvalue weighted by molar-refractivity contribution is 0.267. The Bertz CT molecular complexity index is 84.1. The topological polar surface area (TPSA) is 49.7 Å². The summed E-state index contributed by atoms with van der Waals surface area (Å²) in [5.41, 5.74) is 0. The highest BCUT2D eigenvalue weighted by Gasteiger charge is 2.18. The van der Waals surface area contributed by atoms with Gasteiger partial charge in [0.15, 0.2) is 0 Å². The third-order valence-corrected chi connectivity index (χ3v) is 1.41. The summed E-state index contributed by atoms with van der Waals surface area (Å²) in [7, 11) is 0. The van der Waals surface area contributed by atoms with Crippen LogP contribution >= 0.6 is 22.6 Å². The molecule has 48 valence electrons. The average molecular weight is 229 g/mol. The standard InChI is InChI=1S/C4H8INO2/c1-4(5,3-7)2-6-8/h7H,2-3H2,1H3. The van der Waals surface area contributed by atoms with Crippen molar-refractivity contribution >= 4 is 22.6 Å². The van der Waals surface area contributed by atoms with Crippen LogP contribution in [0, 0.1) is 4.91 Å². The van der Waals surface area contributed by atoms with Crippen LogP contribution in [0.5, 0.6) is 0 Å². The maximum atomic E-state index is 9.61. The number of hydrogen-bond donors (Lipinski definition) is 1. The molecule has 0 fully saturated rings. The molecule has 1 atom stereocenters. The maximum absolute atomic E-state index is 9.61. The summed E-state index contributed by atoms with van der Waals surface area (Å²) in [6.07, 6.45) is 0. The molecule has 0 aliphatic carbocycles. The summed E-state index contributed by atoms with van der Waals surface area (Å²) in [5, 5.41) is 11.2. The van der Waals surface area contributed by atoms with Crippen LogP contribution in [0.3, 0.4) is 0 Å². The monoisotopic (exact) mass is 229 g/mol. The molecule has 0 saturated heterocycles. The third-order valence-electron chi connectivity index (χ3n) is 0.724. The Balaban J connectivity index is 3.53. The van der Waals surface area contributed by atoms with Gasteiger partial charge < -0.3 is 5.11 Å². The lowest BCUT2D eigenvalue weighted by atomic mass is 10.2. The number of nitrogens with zero attached hydrogens (tertiary/aromatic N) is 1. The molecule has 0 spiro atoms. The second-order valence-electron chi connectivity index (χ2n) is 1.86. The van der Waals surface area contributed by atoms with Gasteiger partial charge in [0.25, 0.3) is 0 Å². The molecule has 1 unspecified atom stereocenters. The highest BCUT2D eigenvalue weighted by atomic mass is 127. The molecule has 3 nitrogen and oxygen atoms in total. The van der Waals surface area contributed by atoms with Gasteiger partial charge in [-0.2, -0.15) is 4.91 Å². The molecule has 1 N–H and O–H groups in total. The summed E-state index contributed by atoms with van der Waals surface area (Å²) < 4.78 is -0.362. The minimum absolute atomic E-state index is 0.000694. The van der Waals surface area contributed by atoms with Gasteiger partial charge in [-0.3, -0.25) is 0 Å². The smallest absolute Gasteiger partial charge is 0.0976 e. The van der Waals surface area contributed by atoms with E-state index in [1.165, 1.54) is 0 Å². The number of rotatable bonds is 3. The summed E-state index contributed by atoms with van der Waals surface area (Å²) in [5.74, 6) is 0. The highest BCUT2D eigenvalue weighted by molar-refractivity contribution is 14.1. The van der Waals surface area contributed by atoms with E-state index in [-0.39, 0.29) is 16.6 Å². The molecule has 0 aliphatic heterocycles. The summed E-state index contributed by atoms with van der Waals surface area (Å²) in [6, 6.07) is 0. The van der Waals surface area contributed by atoms with Crippen LogP contribution in [-0.2, 0) is 0 Å². The zero-order valence-corrected chi connectivity index (χ0v) is 6.75. The Morgan fingerprint density at radius 1 is 1.88 bits per heavy atom. The molecule has 0 amide bonds. The molecule has 0 heterocycles. The van der Waals surface area contributed by atoms with E-state index < -0.39 is 0 Å². The Morgan fingerprint density at radius 2 is 2.38 bits per heavy atom. The van der Waals surface area contributed by atoms with Crippen LogP contribution < -0.4 is 0 Å². The van der Waals surface area contributed by atoms with Gasteiger partial charge in [0.2, 0.25) is 0 Å². The van der Waals surface area contributed by atoms with E-state index in [0.29, 0.717) is 0 Å². The maximum Gasteiger partial charge on any atom is 0.0976 e. The summed E-state index contributed by atoms with van der Waals surface area (Å²) >= 11 is 2.00. The lowest BCUT2D eigenvalue weighted by Crippen LogP contribution is -2.24. The van der Waals surface area contributed by atoms with Crippen LogP contribution in [-0.4, -0.2) is 21.7 Å². The molecule has 0 aromatic rings. The first-order valence-corrected chi connectivity index (χ1v) is 3.29. The molecule has 0 aliphatic rings. The Hall–Kier alpha value is 0.290. The summed E-state index contributed by atoms with van der Waals surface area (Å²) in [4.78, 5) is 9.61. The van der Waals surface area contributed by atoms with E-state index in [0.717, 1.165) is 0 Å². The van der Waals surface area contributed by atoms with Crippen LogP contribution in [0.4, 0.5) is 0 Å². The average Bonchev–Trinajstić information content (AvgIpc) is 1.67. The molecule has 8 heavy (non-hydrogen) atoms. The molecule has 0 radical (unpaired) electrons. The van der Waals surface area contributed by atoms with Crippen LogP contribution in [0.15, 0.2) is 5.18 Å². The van der Waals surface area contributed by atoms with Crippen molar-refractivity contribution in [1.82, 2.24) is 0 Å². The van der Waals surface area contributed by atoms with E-state index in [1.807, 2.05) is 22.6 Å². The zero-order valence-electron chi connectivity index (χ0n) is 4.59. The Labute approximate surface area is 61.6 Å². The molecular formula is C4H8INO2. The fraction of sp³-hybridized carbons (Fsp3) is 1.00. The minimum Gasteiger partial charge on any atom is -0.395 e. The lowest BCUT2D eigenvalue weighted by Gasteiger charge is -2.12. The number of nitroso groups, excluding NO2 is 1. The SMILES string of the molecule is CC(I)(CO)CN=O. The van der Waals surface area contributed by atoms with Gasteiger partial charge >= 0.3 is 0 Å². The molecule has 0 aromatic heterocycles. The van der Waals surface area contributed by atoms with Crippen molar-refractivity contribution in [2.24, 2.45) is 5.18 Å². The second kappa shape index (κ2) is 3.34. The van der Waals surface area contributed by atoms with Gasteiger partial charge in [0.1, 0.15) is 0 Å². The van der Waals surface area contributed by atoms with E-state index in [9.17, 15) is 4.91 Å². The predicted octanol–water partition coefficient (Wildman–Crippen LogP) is 0.939. The van der Waals surface area contributed by atoms with Gasteiger partial charge in [0, 0.05) is 0 Å². The van der Waals surface area contributed by atoms with Crippen LogP contribution in [0.25, 0.3) is 0 Å². The second-order valence-corrected chi connectivity index (χ2v) is 4.46. The van der Waals surface area contributed by atoms with Crippen molar-refractivity contribution in [3.63, 3.8) is 0 Å². The molecule has 0 bridgehead atoms. The fourth-order valence-corrected chi connectivity index (χ4v) is 0.324. The number of halogens is 1. The highest BCUT2D eigenvalue weighted by Crippen LogP contribution is 2.16. The number of alkyl halides is 1. The van der Waals surface area contributed by atoms with E-state index in [1.54, 1.807) is 6.92 Å². The summed E-state index contributed by atoms with van der Waals surface area (Å²) in [6.45, 7) is 1.94. The van der Waals surface area contributed by atoms with E-state index >= 15 is 0 Å². The molecular weight excluding hydrogens is 221 g/mol. The number of hydrogen-bond acceptors (Lipinski definition) is 3. The van der Waals surface area contributed by atoms with Crippen molar-refractivity contribution in [2.75, 3.05) is 13.2 Å². The van der Waals surface area contributed by atoms with E-state index in [2.05, 4.69) is 5.18 Å². The van der Waals surface area contributed by atoms with Crippen molar-refractivity contribution in [1.29, 1.82) is 0 Å². The largest absolute Gasteiger partial charge is 0.395 e. The quantitative estimate of drug-likeness (QED) is 0.444. The molecule has 0 aromatic carbocycles. The minimum atomic E-state index is -0.362. The molecule has 4 heteroatoms. The van der Waals surface area contributed by atoms with Gasteiger partial charge in [0.05, 0.1) is 16.6 Å². The third kappa shape index (κ3) is 3.31. The van der Waals surface area contributed by atoms with Gasteiger partial charge in [-0.25, -0.2) is 0 Å². The van der Waals surface area contributed by atoms with Crippen LogP contribution in [0.1, 0.15) is 6.92 Å². The molecule has 0 rings (SSSR count). The zero-order chi connectivity index (χ0) is 6.62. The van der Waals surface area contributed by atoms with Gasteiger partial charge in [-0.15, -0.1) is 0 Å². The first-order chi connectivity index (χ1) is 3.62. The first kappa shape index (κ1) is 8.29. The number of aliphatic hydroxyl groups is 1. The Kier molecular flexibility index (Phi) is 3.46. The Morgan fingerprint density at radius 3 is 2.50 bits per heavy atom. The van der Waals surface area contributed by atoms with Crippen molar-refractivity contribution in [3.05, 3.63) is 4.91 Å². The fourth-order valence-electron chi connectivity index (χ4n) is 0.185. The van der Waals surface area contributed by atoms with Crippen molar-refractivity contribution < 1.29 is 5.11 Å². The van der Waals surface area contributed by atoms with Gasteiger partial charge in [-0.05, 0) is 6.92 Å². The number of aliphatic hydroxyl groups excluding tert-OH is 1. The van der Waals surface area contributed by atoms with Crippen LogP contribution in [0.2, 0.25) is 0 Å². The predicted molar refractivity (Wildman–Crippen MR) is 40.2 cm³/mol.